The number of benzene rings is 1. The summed E-state index contributed by atoms with van der Waals surface area (Å²) in [5, 5.41) is 26.7. The monoisotopic (exact) mass is 276 g/mol. The number of hydrogen-bond donors (Lipinski definition) is 3. The number of phenols is 2. The Hall–Kier alpha value is -1.23. The van der Waals surface area contributed by atoms with Gasteiger partial charge in [-0.05, 0) is 33.6 Å². The topological polar surface area (TPSA) is 77.8 Å². The lowest BCUT2D eigenvalue weighted by atomic mass is 10.1. The van der Waals surface area contributed by atoms with Gasteiger partial charge in [-0.3, -0.25) is 4.79 Å². The summed E-state index contributed by atoms with van der Waals surface area (Å²) in [6, 6.07) is 2.66. The Morgan fingerprint density at radius 2 is 1.87 bits per heavy atom. The molecule has 0 atom stereocenters. The van der Waals surface area contributed by atoms with E-state index in [1.165, 1.54) is 12.1 Å². The van der Waals surface area contributed by atoms with Gasteiger partial charge in [0.05, 0.1) is 10.9 Å². The molecule has 0 aliphatic heterocycles. The number of hydrogen-bond acceptors (Lipinski definition) is 3. The van der Waals surface area contributed by atoms with Crippen LogP contribution in [0, 0.1) is 0 Å². The van der Waals surface area contributed by atoms with E-state index in [1.54, 1.807) is 0 Å². The Labute approximate surface area is 96.3 Å². The predicted molar refractivity (Wildman–Crippen MR) is 60.2 cm³/mol. The molecule has 0 aliphatic rings. The zero-order valence-corrected chi connectivity index (χ0v) is 10.1. The average molecular weight is 277 g/mol. The van der Waals surface area contributed by atoms with Gasteiger partial charge >= 0.3 is 5.97 Å². The van der Waals surface area contributed by atoms with E-state index in [0.717, 1.165) is 0 Å². The zero-order chi connectivity index (χ0) is 12.0. The van der Waals surface area contributed by atoms with Gasteiger partial charge in [0.15, 0.2) is 11.5 Å². The highest BCUT2D eigenvalue weighted by molar-refractivity contribution is 9.10. The van der Waals surface area contributed by atoms with Crippen LogP contribution in [0.4, 0.5) is 0 Å². The Balaban J connectivity index is 0.000000921. The lowest BCUT2D eigenvalue weighted by Gasteiger charge is -2.03. The Kier molecular flexibility index (Phi) is 5.77. The van der Waals surface area contributed by atoms with E-state index in [2.05, 4.69) is 15.9 Å². The summed E-state index contributed by atoms with van der Waals surface area (Å²) in [5.74, 6) is -1.60. The van der Waals surface area contributed by atoms with Crippen LogP contribution in [-0.4, -0.2) is 21.3 Å². The average Bonchev–Trinajstić information content (AvgIpc) is 2.16. The summed E-state index contributed by atoms with van der Waals surface area (Å²) < 4.78 is 0.281. The maximum absolute atomic E-state index is 10.3. The number of carboxylic acid groups (broad SMARTS) is 1. The third-order valence-electron chi connectivity index (χ3n) is 1.46. The molecule has 0 heterocycles. The van der Waals surface area contributed by atoms with Gasteiger partial charge in [0, 0.05) is 0 Å². The van der Waals surface area contributed by atoms with E-state index >= 15 is 0 Å². The molecule has 0 aliphatic carbocycles. The SMILES string of the molecule is CC.O=C(O)Cc1cc(O)c(O)c(Br)c1. The molecule has 0 bridgehead atoms. The number of aromatic hydroxyl groups is 2. The summed E-state index contributed by atoms with van der Waals surface area (Å²) in [7, 11) is 0. The maximum Gasteiger partial charge on any atom is 0.307 e. The molecule has 84 valence electrons. The summed E-state index contributed by atoms with van der Waals surface area (Å²) >= 11 is 2.98. The second-order valence-corrected chi connectivity index (χ2v) is 3.37. The molecule has 0 fully saturated rings. The smallest absolute Gasteiger partial charge is 0.307 e. The minimum atomic E-state index is -0.989. The van der Waals surface area contributed by atoms with E-state index in [1.807, 2.05) is 13.8 Å². The normalized spacial score (nSPS) is 9.00. The molecule has 0 spiro atoms. The number of aliphatic carboxylic acids is 1. The van der Waals surface area contributed by atoms with E-state index in [4.69, 9.17) is 15.3 Å². The summed E-state index contributed by atoms with van der Waals surface area (Å²) in [6.45, 7) is 4.00. The molecule has 0 saturated heterocycles. The van der Waals surface area contributed by atoms with Crippen molar-refractivity contribution in [1.82, 2.24) is 0 Å². The van der Waals surface area contributed by atoms with E-state index < -0.39 is 5.97 Å². The van der Waals surface area contributed by atoms with Gasteiger partial charge in [-0.15, -0.1) is 0 Å². The fourth-order valence-electron chi connectivity index (χ4n) is 0.916. The van der Waals surface area contributed by atoms with Gasteiger partial charge in [0.1, 0.15) is 0 Å². The highest BCUT2D eigenvalue weighted by Gasteiger charge is 2.08. The van der Waals surface area contributed by atoms with Crippen LogP contribution in [0.5, 0.6) is 11.5 Å². The molecule has 1 aromatic rings. The van der Waals surface area contributed by atoms with Crippen LogP contribution in [0.25, 0.3) is 0 Å². The molecule has 0 radical (unpaired) electrons. The molecular formula is C10H13BrO4. The minimum Gasteiger partial charge on any atom is -0.504 e. The molecule has 0 saturated carbocycles. The first-order chi connectivity index (χ1) is 7.00. The van der Waals surface area contributed by atoms with Gasteiger partial charge in [0.2, 0.25) is 0 Å². The minimum absolute atomic E-state index is 0.188. The second kappa shape index (κ2) is 6.29. The number of rotatable bonds is 2. The van der Waals surface area contributed by atoms with Crippen molar-refractivity contribution in [3.63, 3.8) is 0 Å². The fraction of sp³-hybridized carbons (Fsp3) is 0.300. The number of phenolic OH excluding ortho intramolecular Hbond substituents is 2. The van der Waals surface area contributed by atoms with Gasteiger partial charge in [-0.1, -0.05) is 13.8 Å². The third kappa shape index (κ3) is 4.20. The van der Waals surface area contributed by atoms with Gasteiger partial charge in [0.25, 0.3) is 0 Å². The maximum atomic E-state index is 10.3. The molecule has 0 unspecified atom stereocenters. The molecular weight excluding hydrogens is 264 g/mol. The van der Waals surface area contributed by atoms with Crippen LogP contribution in [0.3, 0.4) is 0 Å². The largest absolute Gasteiger partial charge is 0.504 e. The number of halogens is 1. The third-order valence-corrected chi connectivity index (χ3v) is 2.06. The van der Waals surface area contributed by atoms with E-state index in [9.17, 15) is 4.79 Å². The predicted octanol–water partition coefficient (Wildman–Crippen LogP) is 2.51. The molecule has 15 heavy (non-hydrogen) atoms. The Morgan fingerprint density at radius 3 is 2.27 bits per heavy atom. The van der Waals surface area contributed by atoms with Crippen molar-refractivity contribution in [2.24, 2.45) is 0 Å². The van der Waals surface area contributed by atoms with Crippen LogP contribution in [0.2, 0.25) is 0 Å². The van der Waals surface area contributed by atoms with Gasteiger partial charge in [-0.25, -0.2) is 0 Å². The zero-order valence-electron chi connectivity index (χ0n) is 8.49. The van der Waals surface area contributed by atoms with Crippen LogP contribution < -0.4 is 0 Å². The fourth-order valence-corrected chi connectivity index (χ4v) is 1.41. The summed E-state index contributed by atoms with van der Waals surface area (Å²) in [5.41, 5.74) is 0.426. The summed E-state index contributed by atoms with van der Waals surface area (Å²) in [4.78, 5) is 10.3. The molecule has 1 aromatic carbocycles. The highest BCUT2D eigenvalue weighted by atomic mass is 79.9. The first kappa shape index (κ1) is 13.8. The van der Waals surface area contributed by atoms with Crippen molar-refractivity contribution < 1.29 is 20.1 Å². The number of carboxylic acids is 1. The molecule has 4 nitrogen and oxygen atoms in total. The van der Waals surface area contributed by atoms with Crippen molar-refractivity contribution in [3.05, 3.63) is 22.2 Å². The van der Waals surface area contributed by atoms with Crippen LogP contribution >= 0.6 is 15.9 Å². The van der Waals surface area contributed by atoms with Crippen LogP contribution in [0.1, 0.15) is 19.4 Å². The van der Waals surface area contributed by atoms with Crippen molar-refractivity contribution in [2.75, 3.05) is 0 Å². The van der Waals surface area contributed by atoms with Crippen molar-refractivity contribution in [3.8, 4) is 11.5 Å². The Bertz CT molecular complexity index is 326. The standard InChI is InChI=1S/C8H7BrO4.C2H6/c9-5-1-4(3-7(11)12)2-6(10)8(5)13;1-2/h1-2,10,13H,3H2,(H,11,12);1-2H3. The quantitative estimate of drug-likeness (QED) is 0.726. The first-order valence-corrected chi connectivity index (χ1v) is 5.22. The van der Waals surface area contributed by atoms with Crippen LogP contribution in [-0.2, 0) is 11.2 Å². The molecule has 0 aromatic heterocycles. The second-order valence-electron chi connectivity index (χ2n) is 2.52. The summed E-state index contributed by atoms with van der Waals surface area (Å²) in [6.07, 6.45) is -0.188. The van der Waals surface area contributed by atoms with E-state index in [0.29, 0.717) is 5.56 Å². The Morgan fingerprint density at radius 1 is 1.33 bits per heavy atom. The van der Waals surface area contributed by atoms with Crippen molar-refractivity contribution in [2.45, 2.75) is 20.3 Å². The number of carbonyl (C=O) groups is 1. The lowest BCUT2D eigenvalue weighted by Crippen LogP contribution is -1.99. The van der Waals surface area contributed by atoms with E-state index in [-0.39, 0.29) is 22.4 Å². The molecule has 5 heteroatoms. The molecule has 0 amide bonds. The van der Waals surface area contributed by atoms with Crippen molar-refractivity contribution in [1.29, 1.82) is 0 Å². The molecule has 1 rings (SSSR count). The first-order valence-electron chi connectivity index (χ1n) is 4.43. The van der Waals surface area contributed by atoms with Crippen LogP contribution in [0.15, 0.2) is 16.6 Å². The lowest BCUT2D eigenvalue weighted by molar-refractivity contribution is -0.136. The molecule has 3 N–H and O–H groups in total. The van der Waals surface area contributed by atoms with Gasteiger partial charge < -0.3 is 15.3 Å². The highest BCUT2D eigenvalue weighted by Crippen LogP contribution is 2.34. The van der Waals surface area contributed by atoms with Crippen molar-refractivity contribution >= 4 is 21.9 Å². The van der Waals surface area contributed by atoms with Gasteiger partial charge in [-0.2, -0.15) is 0 Å².